The third-order valence-corrected chi connectivity index (χ3v) is 5.32. The van der Waals surface area contributed by atoms with E-state index in [4.69, 9.17) is 0 Å². The van der Waals surface area contributed by atoms with E-state index in [-0.39, 0.29) is 39.6 Å². The van der Waals surface area contributed by atoms with Crippen molar-refractivity contribution in [2.75, 3.05) is 19.8 Å². The molecule has 2 aliphatic rings. The van der Waals surface area contributed by atoms with E-state index in [1.807, 2.05) is 0 Å². The first-order valence-corrected chi connectivity index (χ1v) is 9.12. The number of imide groups is 2. The number of carbonyl (C=O) groups is 4. The van der Waals surface area contributed by atoms with Crippen LogP contribution >= 0.6 is 0 Å². The number of rotatable bonds is 5. The first-order valence-electron chi connectivity index (χ1n) is 9.12. The summed E-state index contributed by atoms with van der Waals surface area (Å²) in [6.07, 6.45) is 3.43. The lowest BCUT2D eigenvalue weighted by atomic mass is 9.85. The second-order valence-corrected chi connectivity index (χ2v) is 6.86. The fourth-order valence-electron chi connectivity index (χ4n) is 3.87. The second kappa shape index (κ2) is 6.91. The van der Waals surface area contributed by atoms with Gasteiger partial charge in [-0.3, -0.25) is 29.0 Å². The molecule has 0 fully saturated rings. The third-order valence-electron chi connectivity index (χ3n) is 5.32. The maximum Gasteiger partial charge on any atom is 0.261 e. The van der Waals surface area contributed by atoms with Gasteiger partial charge in [0.2, 0.25) is 0 Å². The van der Waals surface area contributed by atoms with Crippen molar-refractivity contribution in [3.63, 3.8) is 0 Å². The molecule has 0 spiro atoms. The van der Waals surface area contributed by atoms with Gasteiger partial charge in [-0.15, -0.1) is 0 Å². The highest BCUT2D eigenvalue weighted by Gasteiger charge is 2.41. The molecule has 0 saturated carbocycles. The fourth-order valence-corrected chi connectivity index (χ4v) is 3.87. The maximum absolute atomic E-state index is 13.0. The number of aliphatic hydroxyl groups excluding tert-OH is 2. The summed E-state index contributed by atoms with van der Waals surface area (Å²) in [7, 11) is 0. The minimum atomic E-state index is -1.08. The number of hydrogen-bond acceptors (Lipinski definition) is 6. The van der Waals surface area contributed by atoms with E-state index < -0.39 is 42.9 Å². The Morgan fingerprint density at radius 3 is 1.59 bits per heavy atom. The molecule has 2 heterocycles. The predicted molar refractivity (Wildman–Crippen MR) is 103 cm³/mol. The lowest BCUT2D eigenvalue weighted by molar-refractivity contribution is 0.0374. The van der Waals surface area contributed by atoms with E-state index in [9.17, 15) is 29.4 Å². The van der Waals surface area contributed by atoms with Crippen molar-refractivity contribution in [3.8, 4) is 0 Å². The largest absolute Gasteiger partial charge is 0.394 e. The smallest absolute Gasteiger partial charge is 0.261 e. The van der Waals surface area contributed by atoms with E-state index >= 15 is 0 Å². The minimum absolute atomic E-state index is 0.124. The fraction of sp³-hybridized carbons (Fsp3) is 0.238. The summed E-state index contributed by atoms with van der Waals surface area (Å²) < 4.78 is 0. The molecule has 4 rings (SSSR count). The number of benzene rings is 2. The van der Waals surface area contributed by atoms with Crippen molar-refractivity contribution < 1.29 is 29.4 Å². The molecule has 0 unspecified atom stereocenters. The van der Waals surface area contributed by atoms with Crippen molar-refractivity contribution in [2.24, 2.45) is 0 Å². The van der Waals surface area contributed by atoms with Gasteiger partial charge >= 0.3 is 0 Å². The minimum Gasteiger partial charge on any atom is -0.394 e. The summed E-state index contributed by atoms with van der Waals surface area (Å²) in [5, 5.41) is 19.5. The van der Waals surface area contributed by atoms with Crippen LogP contribution in [0.3, 0.4) is 0 Å². The summed E-state index contributed by atoms with van der Waals surface area (Å²) in [5.41, 5.74) is 0.795. The van der Waals surface area contributed by atoms with Crippen molar-refractivity contribution in [2.45, 2.75) is 13.0 Å². The normalized spacial score (nSPS) is 16.1. The quantitative estimate of drug-likeness (QED) is 0.577. The van der Waals surface area contributed by atoms with Crippen LogP contribution in [0.25, 0.3) is 10.8 Å². The average molecular weight is 394 g/mol. The first kappa shape index (κ1) is 19.0. The molecule has 2 aromatic rings. The van der Waals surface area contributed by atoms with Crippen molar-refractivity contribution in [1.82, 2.24) is 9.80 Å². The van der Waals surface area contributed by atoms with Crippen LogP contribution < -0.4 is 0 Å². The topological polar surface area (TPSA) is 115 Å². The van der Waals surface area contributed by atoms with Crippen LogP contribution in [0, 0.1) is 0 Å². The predicted octanol–water partition coefficient (Wildman–Crippen LogP) is 0.961. The number of amides is 4. The van der Waals surface area contributed by atoms with Crippen LogP contribution in [0.2, 0.25) is 0 Å². The Morgan fingerprint density at radius 2 is 1.21 bits per heavy atom. The zero-order valence-corrected chi connectivity index (χ0v) is 15.6. The molecular formula is C21H18N2O6. The lowest BCUT2D eigenvalue weighted by Gasteiger charge is -2.34. The van der Waals surface area contributed by atoms with Gasteiger partial charge in [-0.1, -0.05) is 12.2 Å². The molecule has 2 aromatic carbocycles. The monoisotopic (exact) mass is 394 g/mol. The molecule has 8 nitrogen and oxygen atoms in total. The molecule has 29 heavy (non-hydrogen) atoms. The Kier molecular flexibility index (Phi) is 4.52. The zero-order valence-electron chi connectivity index (χ0n) is 15.6. The summed E-state index contributed by atoms with van der Waals surface area (Å²) in [4.78, 5) is 53.7. The summed E-state index contributed by atoms with van der Waals surface area (Å²) in [5.74, 6) is -2.35. The molecule has 148 valence electrons. The van der Waals surface area contributed by atoms with Gasteiger partial charge in [0.25, 0.3) is 23.6 Å². The van der Waals surface area contributed by atoms with Crippen LogP contribution in [0.4, 0.5) is 0 Å². The van der Waals surface area contributed by atoms with Crippen molar-refractivity contribution in [1.29, 1.82) is 0 Å². The summed E-state index contributed by atoms with van der Waals surface area (Å²) in [6, 6.07) is 4.76. The number of allylic oxidation sites excluding steroid dienone is 1. The van der Waals surface area contributed by atoms with E-state index in [0.717, 1.165) is 9.80 Å². The van der Waals surface area contributed by atoms with Crippen LogP contribution in [-0.2, 0) is 0 Å². The van der Waals surface area contributed by atoms with Gasteiger partial charge in [0, 0.05) is 39.6 Å². The van der Waals surface area contributed by atoms with Gasteiger partial charge in [0.05, 0.1) is 19.3 Å². The molecule has 0 aromatic heterocycles. The highest BCUT2D eigenvalue weighted by molar-refractivity contribution is 6.33. The Bertz CT molecular complexity index is 1050. The molecule has 0 saturated heterocycles. The SMILES string of the molecule is CC=CCN1C(=O)c2ccc3c4c(ccc(c24)C1=O)C(=O)N(C(CO)CO)C3=O. The number of aliphatic hydroxyl groups is 2. The van der Waals surface area contributed by atoms with Crippen molar-refractivity contribution in [3.05, 3.63) is 58.7 Å². The van der Waals surface area contributed by atoms with Gasteiger partial charge < -0.3 is 10.2 Å². The molecule has 8 heteroatoms. The van der Waals surface area contributed by atoms with Gasteiger partial charge in [0.1, 0.15) is 0 Å². The molecule has 0 bridgehead atoms. The zero-order chi connectivity index (χ0) is 20.9. The Balaban J connectivity index is 1.96. The average Bonchev–Trinajstić information content (AvgIpc) is 2.73. The standard InChI is InChI=1S/C21H18N2O6/c1-2-3-8-22-18(26)12-4-6-14-17-15(7-5-13(16(12)17)19(22)27)21(29)23(20(14)28)11(9-24)10-25/h2-7,11,24-25H,8-10H2,1H3. The van der Waals surface area contributed by atoms with Crippen LogP contribution in [0.1, 0.15) is 48.4 Å². The van der Waals surface area contributed by atoms with Gasteiger partial charge in [-0.2, -0.15) is 0 Å². The van der Waals surface area contributed by atoms with E-state index in [1.165, 1.54) is 24.3 Å². The number of hydrogen-bond donors (Lipinski definition) is 2. The van der Waals surface area contributed by atoms with Gasteiger partial charge in [0.15, 0.2) is 0 Å². The molecule has 2 aliphatic heterocycles. The first-order chi connectivity index (χ1) is 14.0. The van der Waals surface area contributed by atoms with Crippen LogP contribution in [0.5, 0.6) is 0 Å². The van der Waals surface area contributed by atoms with Gasteiger partial charge in [-0.25, -0.2) is 0 Å². The van der Waals surface area contributed by atoms with E-state index in [0.29, 0.717) is 0 Å². The second-order valence-electron chi connectivity index (χ2n) is 6.86. The summed E-state index contributed by atoms with van der Waals surface area (Å²) >= 11 is 0. The van der Waals surface area contributed by atoms with E-state index in [2.05, 4.69) is 0 Å². The number of carbonyl (C=O) groups excluding carboxylic acids is 4. The highest BCUT2D eigenvalue weighted by Crippen LogP contribution is 2.38. The molecule has 4 amide bonds. The molecule has 0 radical (unpaired) electrons. The Hall–Kier alpha value is -3.36. The molecular weight excluding hydrogens is 376 g/mol. The van der Waals surface area contributed by atoms with E-state index in [1.54, 1.807) is 19.1 Å². The Morgan fingerprint density at radius 1 is 0.793 bits per heavy atom. The van der Waals surface area contributed by atoms with Crippen LogP contribution in [-0.4, -0.2) is 69.4 Å². The van der Waals surface area contributed by atoms with Gasteiger partial charge in [-0.05, 0) is 31.2 Å². The maximum atomic E-state index is 13.0. The van der Waals surface area contributed by atoms with Crippen LogP contribution in [0.15, 0.2) is 36.4 Å². The lowest BCUT2D eigenvalue weighted by Crippen LogP contribution is -2.50. The Labute approximate surface area is 165 Å². The molecule has 0 atom stereocenters. The molecule has 0 aliphatic carbocycles. The summed E-state index contributed by atoms with van der Waals surface area (Å²) in [6.45, 7) is 0.741. The van der Waals surface area contributed by atoms with Crippen molar-refractivity contribution >= 4 is 34.4 Å². The number of nitrogens with zero attached hydrogens (tertiary/aromatic N) is 2. The third kappa shape index (κ3) is 2.53. The highest BCUT2D eigenvalue weighted by atomic mass is 16.3. The molecule has 2 N–H and O–H groups in total.